The number of benzene rings is 2. The lowest BCUT2D eigenvalue weighted by Crippen LogP contribution is -2.25. The summed E-state index contributed by atoms with van der Waals surface area (Å²) in [4.78, 5) is 32.4. The highest BCUT2D eigenvalue weighted by molar-refractivity contribution is 5.87. The highest BCUT2D eigenvalue weighted by atomic mass is 16.6. The molecule has 1 N–H and O–H groups in total. The largest absolute Gasteiger partial charge is 0.452 e. The number of carbonyl (C=O) groups excluding carboxylic acids is 1. The van der Waals surface area contributed by atoms with E-state index in [2.05, 4.69) is 15.3 Å². The van der Waals surface area contributed by atoms with Crippen molar-refractivity contribution in [2.75, 3.05) is 24.4 Å². The monoisotopic (exact) mass is 393 g/mol. The first-order valence-corrected chi connectivity index (χ1v) is 8.66. The van der Waals surface area contributed by atoms with Crippen LogP contribution in [0.25, 0.3) is 11.4 Å². The highest BCUT2D eigenvalue weighted by Gasteiger charge is 2.12. The molecule has 9 nitrogen and oxygen atoms in total. The van der Waals surface area contributed by atoms with Gasteiger partial charge in [-0.1, -0.05) is 12.1 Å². The van der Waals surface area contributed by atoms with Gasteiger partial charge in [0.2, 0.25) is 0 Å². The molecule has 0 aliphatic heterocycles. The molecule has 1 aromatic heterocycles. The Balaban J connectivity index is 1.84. The second-order valence-corrected chi connectivity index (χ2v) is 6.23. The van der Waals surface area contributed by atoms with Crippen LogP contribution in [0.4, 0.5) is 27.7 Å². The van der Waals surface area contributed by atoms with Crippen molar-refractivity contribution in [3.8, 4) is 11.4 Å². The number of ether oxygens (including phenoxy) is 1. The van der Waals surface area contributed by atoms with E-state index >= 15 is 0 Å². The number of aromatic nitrogens is 2. The summed E-state index contributed by atoms with van der Waals surface area (Å²) in [6.45, 7) is 1.82. The molecule has 3 rings (SSSR count). The summed E-state index contributed by atoms with van der Waals surface area (Å²) in [5, 5.41) is 14.2. The first-order valence-electron chi connectivity index (χ1n) is 8.66. The van der Waals surface area contributed by atoms with E-state index in [1.54, 1.807) is 49.5 Å². The third kappa shape index (κ3) is 4.64. The molecule has 0 saturated heterocycles. The van der Waals surface area contributed by atoms with Crippen LogP contribution in [0.5, 0.6) is 0 Å². The summed E-state index contributed by atoms with van der Waals surface area (Å²) in [6.07, 6.45) is -0.460. The molecule has 0 aliphatic carbocycles. The van der Waals surface area contributed by atoms with Gasteiger partial charge in [-0.15, -0.1) is 0 Å². The zero-order chi connectivity index (χ0) is 21.0. The maximum Gasteiger partial charge on any atom is 0.413 e. The number of aryl methyl sites for hydroxylation is 1. The van der Waals surface area contributed by atoms with Crippen LogP contribution < -0.4 is 10.2 Å². The van der Waals surface area contributed by atoms with Crippen molar-refractivity contribution in [2.24, 2.45) is 0 Å². The molecule has 0 unspecified atom stereocenters. The minimum Gasteiger partial charge on any atom is -0.452 e. The number of methoxy groups -OCH3 is 1. The first-order chi connectivity index (χ1) is 13.9. The van der Waals surface area contributed by atoms with Crippen molar-refractivity contribution in [1.29, 1.82) is 0 Å². The Kier molecular flexibility index (Phi) is 5.68. The van der Waals surface area contributed by atoms with Crippen LogP contribution in [0, 0.1) is 17.0 Å². The van der Waals surface area contributed by atoms with E-state index in [1.807, 2.05) is 6.92 Å². The summed E-state index contributed by atoms with van der Waals surface area (Å²) >= 11 is 0. The van der Waals surface area contributed by atoms with Gasteiger partial charge in [-0.25, -0.2) is 14.8 Å². The zero-order valence-electron chi connectivity index (χ0n) is 16.1. The number of nitrogens with one attached hydrogen (secondary N) is 1. The van der Waals surface area contributed by atoms with Gasteiger partial charge >= 0.3 is 6.09 Å². The summed E-state index contributed by atoms with van der Waals surface area (Å²) in [7, 11) is 2.94. The lowest BCUT2D eigenvalue weighted by atomic mass is 10.2. The molecule has 0 saturated carbocycles. The van der Waals surface area contributed by atoms with Crippen LogP contribution >= 0.6 is 0 Å². The van der Waals surface area contributed by atoms with Gasteiger partial charge in [0.15, 0.2) is 5.82 Å². The zero-order valence-corrected chi connectivity index (χ0v) is 16.1. The molecule has 0 aliphatic rings. The Hall–Kier alpha value is -4.01. The highest BCUT2D eigenvalue weighted by Crippen LogP contribution is 2.25. The number of carbonyl (C=O) groups is 1. The number of hydrogen-bond acceptors (Lipinski definition) is 7. The Morgan fingerprint density at radius 2 is 1.86 bits per heavy atom. The number of amides is 1. The van der Waals surface area contributed by atoms with Crippen molar-refractivity contribution in [2.45, 2.75) is 6.92 Å². The number of non-ortho nitro benzene ring substituents is 1. The van der Waals surface area contributed by atoms with Crippen molar-refractivity contribution in [3.63, 3.8) is 0 Å². The summed E-state index contributed by atoms with van der Waals surface area (Å²) in [5.41, 5.74) is 2.69. The van der Waals surface area contributed by atoms with E-state index in [1.165, 1.54) is 24.1 Å². The lowest BCUT2D eigenvalue weighted by molar-refractivity contribution is -0.384. The topological polar surface area (TPSA) is 110 Å². The Morgan fingerprint density at radius 3 is 2.52 bits per heavy atom. The van der Waals surface area contributed by atoms with Crippen LogP contribution in [0.1, 0.15) is 5.69 Å². The maximum absolute atomic E-state index is 11.6. The average molecular weight is 393 g/mol. The molecule has 29 heavy (non-hydrogen) atoms. The van der Waals surface area contributed by atoms with Gasteiger partial charge in [-0.05, 0) is 31.2 Å². The molecular weight excluding hydrogens is 374 g/mol. The predicted molar refractivity (Wildman–Crippen MR) is 109 cm³/mol. The minimum absolute atomic E-state index is 0.0209. The molecular formula is C20H19N5O4. The molecule has 3 aromatic rings. The van der Waals surface area contributed by atoms with E-state index in [4.69, 9.17) is 4.74 Å². The number of hydrogen-bond donors (Lipinski definition) is 1. The van der Waals surface area contributed by atoms with Crippen LogP contribution in [0.2, 0.25) is 0 Å². The van der Waals surface area contributed by atoms with Crippen LogP contribution in [0.15, 0.2) is 54.6 Å². The van der Waals surface area contributed by atoms with Gasteiger partial charge in [0.25, 0.3) is 5.69 Å². The Labute approximate surface area is 167 Å². The second-order valence-electron chi connectivity index (χ2n) is 6.23. The second kappa shape index (κ2) is 8.34. The van der Waals surface area contributed by atoms with Gasteiger partial charge in [-0.3, -0.25) is 15.0 Å². The van der Waals surface area contributed by atoms with Gasteiger partial charge < -0.3 is 10.1 Å². The van der Waals surface area contributed by atoms with Gasteiger partial charge in [0, 0.05) is 47.9 Å². The Morgan fingerprint density at radius 1 is 1.14 bits per heavy atom. The number of nitro benzene ring substituents is 1. The molecule has 0 radical (unpaired) electrons. The van der Waals surface area contributed by atoms with E-state index in [-0.39, 0.29) is 5.69 Å². The standard InChI is InChI=1S/C20H19N5O4/c1-13-11-18(22-15-7-9-16(10-8-15)24(2)20(26)29-3)23-19(21-13)14-5-4-6-17(12-14)25(27)28/h4-12H,1-3H3,(H,21,22,23). The van der Waals surface area contributed by atoms with Crippen molar-refractivity contribution in [1.82, 2.24) is 9.97 Å². The van der Waals surface area contributed by atoms with Crippen molar-refractivity contribution >= 4 is 29.0 Å². The minimum atomic E-state index is -0.460. The molecule has 0 spiro atoms. The van der Waals surface area contributed by atoms with E-state index in [0.29, 0.717) is 28.6 Å². The number of anilines is 3. The quantitative estimate of drug-likeness (QED) is 0.508. The van der Waals surface area contributed by atoms with Crippen molar-refractivity contribution in [3.05, 3.63) is 70.4 Å². The number of nitrogens with zero attached hydrogens (tertiary/aromatic N) is 4. The van der Waals surface area contributed by atoms with Gasteiger partial charge in [0.05, 0.1) is 12.0 Å². The molecule has 1 amide bonds. The van der Waals surface area contributed by atoms with Crippen LogP contribution in [-0.4, -0.2) is 35.1 Å². The van der Waals surface area contributed by atoms with Crippen LogP contribution in [-0.2, 0) is 4.74 Å². The fraction of sp³-hybridized carbons (Fsp3) is 0.150. The smallest absolute Gasteiger partial charge is 0.413 e. The van der Waals surface area contributed by atoms with E-state index in [0.717, 1.165) is 5.69 Å². The predicted octanol–water partition coefficient (Wildman–Crippen LogP) is 4.31. The first kappa shape index (κ1) is 19.7. The van der Waals surface area contributed by atoms with E-state index < -0.39 is 11.0 Å². The number of rotatable bonds is 5. The normalized spacial score (nSPS) is 10.3. The molecule has 1 heterocycles. The maximum atomic E-state index is 11.6. The fourth-order valence-electron chi connectivity index (χ4n) is 2.68. The average Bonchev–Trinajstić information content (AvgIpc) is 2.73. The van der Waals surface area contributed by atoms with Gasteiger partial charge in [-0.2, -0.15) is 0 Å². The molecule has 148 valence electrons. The molecule has 0 atom stereocenters. The fourth-order valence-corrected chi connectivity index (χ4v) is 2.68. The van der Waals surface area contributed by atoms with Gasteiger partial charge in [0.1, 0.15) is 5.82 Å². The lowest BCUT2D eigenvalue weighted by Gasteiger charge is -2.16. The third-order valence-corrected chi connectivity index (χ3v) is 4.14. The SMILES string of the molecule is COC(=O)N(C)c1ccc(Nc2cc(C)nc(-c3cccc([N+](=O)[O-])c3)n2)cc1. The summed E-state index contributed by atoms with van der Waals surface area (Å²) < 4.78 is 4.70. The molecule has 9 heteroatoms. The number of nitro groups is 1. The molecule has 2 aromatic carbocycles. The van der Waals surface area contributed by atoms with Crippen LogP contribution in [0.3, 0.4) is 0 Å². The molecule has 0 bridgehead atoms. The Bertz CT molecular complexity index is 1050. The van der Waals surface area contributed by atoms with E-state index in [9.17, 15) is 14.9 Å². The van der Waals surface area contributed by atoms with Crippen molar-refractivity contribution < 1.29 is 14.5 Å². The summed E-state index contributed by atoms with van der Waals surface area (Å²) in [6, 6.07) is 15.1. The summed E-state index contributed by atoms with van der Waals surface area (Å²) in [5.74, 6) is 0.936. The third-order valence-electron chi connectivity index (χ3n) is 4.14. The molecule has 0 fully saturated rings.